The van der Waals surface area contributed by atoms with Gasteiger partial charge in [0.2, 0.25) is 11.7 Å². The van der Waals surface area contributed by atoms with Crippen molar-refractivity contribution < 1.29 is 22.7 Å². The van der Waals surface area contributed by atoms with E-state index in [0.29, 0.717) is 25.1 Å². The third-order valence-corrected chi connectivity index (χ3v) is 7.23. The Labute approximate surface area is 189 Å². The zero-order valence-corrected chi connectivity index (χ0v) is 18.6. The van der Waals surface area contributed by atoms with Crippen LogP contribution in [0, 0.1) is 0 Å². The topological polar surface area (TPSA) is 67.4 Å². The molecule has 0 unspecified atom stereocenters. The Bertz CT molecular complexity index is 944. The summed E-state index contributed by atoms with van der Waals surface area (Å²) in [6.07, 6.45) is 0.896. The Kier molecular flexibility index (Phi) is 7.21. The molecule has 1 aromatic carbocycles. The van der Waals surface area contributed by atoms with Crippen molar-refractivity contribution in [3.63, 3.8) is 0 Å². The summed E-state index contributed by atoms with van der Waals surface area (Å²) in [5.41, 5.74) is 0.152. The van der Waals surface area contributed by atoms with E-state index in [4.69, 9.17) is 4.74 Å². The third-order valence-electron chi connectivity index (χ3n) is 6.24. The molecule has 1 aliphatic heterocycles. The fourth-order valence-corrected chi connectivity index (χ4v) is 5.43. The standard InChI is InChI=1S/C22H27F3N4O2S/c23-22(24,25)20-27-17-7-3-2-6-16(17)19(28-20)32-14-18(30)26-15-21(8-4-1-5-9-21)29-10-12-31-13-11-29/h2-3,6-7H,1,4-5,8-15H2,(H,26,30). The highest BCUT2D eigenvalue weighted by molar-refractivity contribution is 8.00. The monoisotopic (exact) mass is 468 g/mol. The van der Waals surface area contributed by atoms with Crippen LogP contribution in [-0.2, 0) is 15.7 Å². The Morgan fingerprint density at radius 1 is 1.12 bits per heavy atom. The molecule has 1 saturated heterocycles. The van der Waals surface area contributed by atoms with Gasteiger partial charge < -0.3 is 10.1 Å². The molecule has 0 radical (unpaired) electrons. The van der Waals surface area contributed by atoms with E-state index in [1.807, 2.05) is 0 Å². The Balaban J connectivity index is 1.43. The van der Waals surface area contributed by atoms with Crippen molar-refractivity contribution in [1.82, 2.24) is 20.2 Å². The fourth-order valence-electron chi connectivity index (χ4n) is 4.58. The van der Waals surface area contributed by atoms with Crippen LogP contribution in [0.4, 0.5) is 13.2 Å². The van der Waals surface area contributed by atoms with Gasteiger partial charge in [-0.15, -0.1) is 0 Å². The average molecular weight is 469 g/mol. The van der Waals surface area contributed by atoms with Crippen LogP contribution in [0.2, 0.25) is 0 Å². The molecule has 6 nitrogen and oxygen atoms in total. The first kappa shape index (κ1) is 23.3. The van der Waals surface area contributed by atoms with Crippen LogP contribution in [0.25, 0.3) is 10.9 Å². The molecule has 2 fully saturated rings. The summed E-state index contributed by atoms with van der Waals surface area (Å²) in [4.78, 5) is 22.4. The van der Waals surface area contributed by atoms with Crippen LogP contribution < -0.4 is 5.32 Å². The first-order chi connectivity index (χ1) is 15.4. The highest BCUT2D eigenvalue weighted by atomic mass is 32.2. The summed E-state index contributed by atoms with van der Waals surface area (Å²) in [5.74, 6) is -1.39. The molecule has 2 aromatic rings. The summed E-state index contributed by atoms with van der Waals surface area (Å²) in [5, 5.41) is 3.72. The van der Waals surface area contributed by atoms with E-state index in [-0.39, 0.29) is 27.7 Å². The number of hydrogen-bond acceptors (Lipinski definition) is 6. The molecule has 0 spiro atoms. The number of rotatable bonds is 6. The van der Waals surface area contributed by atoms with Crippen LogP contribution in [0.15, 0.2) is 29.3 Å². The molecule has 1 aliphatic carbocycles. The summed E-state index contributed by atoms with van der Waals surface area (Å²) >= 11 is 1.01. The van der Waals surface area contributed by atoms with E-state index in [1.165, 1.54) is 12.5 Å². The molecule has 32 heavy (non-hydrogen) atoms. The molecular formula is C22H27F3N4O2S. The summed E-state index contributed by atoms with van der Waals surface area (Å²) in [6.45, 7) is 3.67. The number of carbonyl (C=O) groups excluding carboxylic acids is 1. The van der Waals surface area contributed by atoms with Gasteiger partial charge in [0, 0.05) is 30.6 Å². The lowest BCUT2D eigenvalue weighted by atomic mass is 9.79. The minimum Gasteiger partial charge on any atom is -0.379 e. The molecule has 1 amide bonds. The number of hydrogen-bond donors (Lipinski definition) is 1. The smallest absolute Gasteiger partial charge is 0.379 e. The number of halogens is 3. The molecule has 10 heteroatoms. The van der Waals surface area contributed by atoms with E-state index >= 15 is 0 Å². The number of aromatic nitrogens is 2. The predicted octanol–water partition coefficient (Wildman–Crippen LogP) is 3.89. The minimum absolute atomic E-state index is 0.00248. The van der Waals surface area contributed by atoms with E-state index in [0.717, 1.165) is 50.5 Å². The molecule has 1 aromatic heterocycles. The maximum absolute atomic E-state index is 13.2. The molecule has 2 aliphatic rings. The number of nitrogens with zero attached hydrogens (tertiary/aromatic N) is 3. The Morgan fingerprint density at radius 3 is 2.56 bits per heavy atom. The second kappa shape index (κ2) is 9.93. The zero-order chi connectivity index (χ0) is 22.6. The SMILES string of the molecule is O=C(CSc1nc(C(F)(F)F)nc2ccccc12)NCC1(N2CCOCC2)CCCCC1. The van der Waals surface area contributed by atoms with Crippen molar-refractivity contribution in [3.8, 4) is 0 Å². The highest BCUT2D eigenvalue weighted by Crippen LogP contribution is 2.34. The molecular weight excluding hydrogens is 441 g/mol. The number of fused-ring (bicyclic) bond motifs is 1. The molecule has 0 bridgehead atoms. The minimum atomic E-state index is -4.65. The van der Waals surface area contributed by atoms with Gasteiger partial charge in [0.15, 0.2) is 0 Å². The fraction of sp³-hybridized carbons (Fsp3) is 0.591. The lowest BCUT2D eigenvalue weighted by molar-refractivity contribution is -0.145. The van der Waals surface area contributed by atoms with Crippen molar-refractivity contribution in [2.45, 2.75) is 48.8 Å². The van der Waals surface area contributed by atoms with Crippen LogP contribution in [-0.4, -0.2) is 64.9 Å². The van der Waals surface area contributed by atoms with Crippen molar-refractivity contribution in [2.75, 3.05) is 38.6 Å². The van der Waals surface area contributed by atoms with Gasteiger partial charge in [-0.2, -0.15) is 13.2 Å². The van der Waals surface area contributed by atoms with Crippen molar-refractivity contribution >= 4 is 28.6 Å². The van der Waals surface area contributed by atoms with Crippen LogP contribution >= 0.6 is 11.8 Å². The van der Waals surface area contributed by atoms with Crippen LogP contribution in [0.1, 0.15) is 37.9 Å². The maximum Gasteiger partial charge on any atom is 0.451 e. The summed E-state index contributed by atoms with van der Waals surface area (Å²) < 4.78 is 45.1. The molecule has 174 valence electrons. The average Bonchev–Trinajstić information content (AvgIpc) is 2.81. The number of nitrogens with one attached hydrogen (secondary N) is 1. The Hall–Kier alpha value is -1.91. The van der Waals surface area contributed by atoms with E-state index in [2.05, 4.69) is 20.2 Å². The second-order valence-corrected chi connectivity index (χ2v) is 9.28. The number of para-hydroxylation sites is 1. The summed E-state index contributed by atoms with van der Waals surface area (Å²) in [7, 11) is 0. The van der Waals surface area contributed by atoms with Crippen LogP contribution in [0.3, 0.4) is 0 Å². The molecule has 1 N–H and O–H groups in total. The quantitative estimate of drug-likeness (QED) is 0.513. The van der Waals surface area contributed by atoms with Gasteiger partial charge in [-0.05, 0) is 18.9 Å². The molecule has 0 atom stereocenters. The second-order valence-electron chi connectivity index (χ2n) is 8.32. The largest absolute Gasteiger partial charge is 0.451 e. The van der Waals surface area contributed by atoms with E-state index < -0.39 is 12.0 Å². The van der Waals surface area contributed by atoms with Gasteiger partial charge in [-0.25, -0.2) is 9.97 Å². The van der Waals surface area contributed by atoms with Gasteiger partial charge in [0.25, 0.3) is 0 Å². The van der Waals surface area contributed by atoms with Crippen molar-refractivity contribution in [1.29, 1.82) is 0 Å². The van der Waals surface area contributed by atoms with Crippen molar-refractivity contribution in [3.05, 3.63) is 30.1 Å². The van der Waals surface area contributed by atoms with Gasteiger partial charge in [-0.1, -0.05) is 49.2 Å². The number of benzene rings is 1. The zero-order valence-electron chi connectivity index (χ0n) is 17.8. The lowest BCUT2D eigenvalue weighted by Crippen LogP contribution is -2.59. The normalized spacial score (nSPS) is 19.7. The van der Waals surface area contributed by atoms with Crippen LogP contribution in [0.5, 0.6) is 0 Å². The number of ether oxygens (including phenoxy) is 1. The molecule has 4 rings (SSSR count). The first-order valence-electron chi connectivity index (χ1n) is 10.9. The summed E-state index contributed by atoms with van der Waals surface area (Å²) in [6, 6.07) is 6.54. The molecule has 1 saturated carbocycles. The highest BCUT2D eigenvalue weighted by Gasteiger charge is 2.39. The predicted molar refractivity (Wildman–Crippen MR) is 116 cm³/mol. The third kappa shape index (κ3) is 5.35. The molecule has 2 heterocycles. The Morgan fingerprint density at radius 2 is 1.84 bits per heavy atom. The van der Waals surface area contributed by atoms with Gasteiger partial charge >= 0.3 is 6.18 Å². The first-order valence-corrected chi connectivity index (χ1v) is 11.9. The van der Waals surface area contributed by atoms with E-state index in [9.17, 15) is 18.0 Å². The van der Waals surface area contributed by atoms with Gasteiger partial charge in [0.05, 0.1) is 24.5 Å². The number of amides is 1. The van der Waals surface area contributed by atoms with Crippen molar-refractivity contribution in [2.24, 2.45) is 0 Å². The van der Waals surface area contributed by atoms with Gasteiger partial charge in [-0.3, -0.25) is 9.69 Å². The van der Waals surface area contributed by atoms with Gasteiger partial charge in [0.1, 0.15) is 5.03 Å². The number of alkyl halides is 3. The van der Waals surface area contributed by atoms with E-state index in [1.54, 1.807) is 18.2 Å². The number of thioether (sulfide) groups is 1. The number of morpholine rings is 1. The maximum atomic E-state index is 13.2. The number of carbonyl (C=O) groups is 1. The lowest BCUT2D eigenvalue weighted by Gasteiger charge is -2.48.